The maximum Gasteiger partial charge on any atom is 0.230 e. The van der Waals surface area contributed by atoms with Crippen molar-refractivity contribution in [2.45, 2.75) is 39.0 Å². The first-order chi connectivity index (χ1) is 8.51. The minimum Gasteiger partial charge on any atom is -0.325 e. The number of benzene rings is 1. The van der Waals surface area contributed by atoms with Gasteiger partial charge in [0.2, 0.25) is 5.91 Å². The monoisotopic (exact) mass is 313 g/mol. The standard InChI is InChI=1S/C14H17BrFNO/c1-14(7-3-2-4-8-14)13(18)17-12-6-5-10(16)9-11(12)15/h5-6,9H,2-4,7-8H2,1H3,(H,17,18). The van der Waals surface area contributed by atoms with E-state index < -0.39 is 0 Å². The molecule has 1 aromatic carbocycles. The molecule has 1 aliphatic rings. The highest BCUT2D eigenvalue weighted by Crippen LogP contribution is 2.37. The third-order valence-corrected chi connectivity index (χ3v) is 4.34. The van der Waals surface area contributed by atoms with Gasteiger partial charge in [0.05, 0.1) is 5.69 Å². The molecule has 1 amide bonds. The van der Waals surface area contributed by atoms with Gasteiger partial charge in [-0.15, -0.1) is 0 Å². The zero-order valence-corrected chi connectivity index (χ0v) is 12.0. The summed E-state index contributed by atoms with van der Waals surface area (Å²) in [5.74, 6) is -0.279. The lowest BCUT2D eigenvalue weighted by molar-refractivity contribution is -0.126. The topological polar surface area (TPSA) is 29.1 Å². The Bertz CT molecular complexity index is 455. The number of hydrogen-bond donors (Lipinski definition) is 1. The molecule has 0 aliphatic heterocycles. The summed E-state index contributed by atoms with van der Waals surface area (Å²) in [6.07, 6.45) is 5.28. The fourth-order valence-electron chi connectivity index (χ4n) is 2.42. The summed E-state index contributed by atoms with van der Waals surface area (Å²) in [5, 5.41) is 2.90. The molecule has 4 heteroatoms. The number of anilines is 1. The predicted octanol–water partition coefficient (Wildman–Crippen LogP) is 4.50. The zero-order valence-electron chi connectivity index (χ0n) is 10.4. The SMILES string of the molecule is CC1(C(=O)Nc2ccc(F)cc2Br)CCCCC1. The van der Waals surface area contributed by atoms with Crippen LogP contribution in [0.2, 0.25) is 0 Å². The van der Waals surface area contributed by atoms with E-state index in [4.69, 9.17) is 0 Å². The van der Waals surface area contributed by atoms with Gasteiger partial charge in [0.25, 0.3) is 0 Å². The Morgan fingerprint density at radius 1 is 1.33 bits per heavy atom. The molecule has 1 fully saturated rings. The summed E-state index contributed by atoms with van der Waals surface area (Å²) >= 11 is 3.26. The van der Waals surface area contributed by atoms with Crippen molar-refractivity contribution >= 4 is 27.5 Å². The van der Waals surface area contributed by atoms with Gasteiger partial charge in [-0.3, -0.25) is 4.79 Å². The first kappa shape index (κ1) is 13.5. The number of halogens is 2. The number of hydrogen-bond acceptors (Lipinski definition) is 1. The van der Waals surface area contributed by atoms with Gasteiger partial charge < -0.3 is 5.32 Å². The second-order valence-corrected chi connectivity index (χ2v) is 6.05. The minimum atomic E-state index is -0.316. The minimum absolute atomic E-state index is 0.0366. The zero-order chi connectivity index (χ0) is 13.2. The van der Waals surface area contributed by atoms with E-state index in [-0.39, 0.29) is 17.1 Å². The van der Waals surface area contributed by atoms with E-state index in [1.54, 1.807) is 6.07 Å². The molecule has 2 nitrogen and oxygen atoms in total. The van der Waals surface area contributed by atoms with E-state index in [1.807, 2.05) is 6.92 Å². The van der Waals surface area contributed by atoms with Crippen molar-refractivity contribution in [1.29, 1.82) is 0 Å². The predicted molar refractivity (Wildman–Crippen MR) is 73.9 cm³/mol. The van der Waals surface area contributed by atoms with E-state index in [0.29, 0.717) is 10.2 Å². The maximum atomic E-state index is 13.0. The molecule has 0 aromatic heterocycles. The Morgan fingerprint density at radius 2 is 2.00 bits per heavy atom. The van der Waals surface area contributed by atoms with Gasteiger partial charge in [-0.25, -0.2) is 4.39 Å². The summed E-state index contributed by atoms with van der Waals surface area (Å²) in [5.41, 5.74) is 0.347. The van der Waals surface area contributed by atoms with Crippen molar-refractivity contribution in [3.05, 3.63) is 28.5 Å². The highest BCUT2D eigenvalue weighted by Gasteiger charge is 2.34. The molecule has 18 heavy (non-hydrogen) atoms. The Morgan fingerprint density at radius 3 is 2.61 bits per heavy atom. The highest BCUT2D eigenvalue weighted by molar-refractivity contribution is 9.10. The third-order valence-electron chi connectivity index (χ3n) is 3.68. The quantitative estimate of drug-likeness (QED) is 0.856. The second kappa shape index (κ2) is 5.39. The van der Waals surface area contributed by atoms with Crippen LogP contribution in [0.25, 0.3) is 0 Å². The number of nitrogens with one attached hydrogen (secondary N) is 1. The van der Waals surface area contributed by atoms with E-state index in [9.17, 15) is 9.18 Å². The molecule has 1 aliphatic carbocycles. The normalized spacial score (nSPS) is 18.4. The summed E-state index contributed by atoms with van der Waals surface area (Å²) in [6.45, 7) is 2.01. The van der Waals surface area contributed by atoms with E-state index >= 15 is 0 Å². The summed E-state index contributed by atoms with van der Waals surface area (Å²) in [6, 6.07) is 4.30. The summed E-state index contributed by atoms with van der Waals surface area (Å²) in [7, 11) is 0. The van der Waals surface area contributed by atoms with Crippen LogP contribution >= 0.6 is 15.9 Å². The molecule has 98 valence electrons. The smallest absolute Gasteiger partial charge is 0.230 e. The molecule has 0 spiro atoms. The lowest BCUT2D eigenvalue weighted by Crippen LogP contribution is -2.35. The van der Waals surface area contributed by atoms with Crippen molar-refractivity contribution in [2.75, 3.05) is 5.32 Å². The summed E-state index contributed by atoms with van der Waals surface area (Å²) < 4.78 is 13.6. The van der Waals surface area contributed by atoms with Crippen molar-refractivity contribution in [3.63, 3.8) is 0 Å². The fourth-order valence-corrected chi connectivity index (χ4v) is 2.87. The molecule has 0 bridgehead atoms. The lowest BCUT2D eigenvalue weighted by atomic mass is 9.75. The average Bonchev–Trinajstić information content (AvgIpc) is 2.33. The number of amides is 1. The third kappa shape index (κ3) is 2.91. The molecule has 0 atom stereocenters. The number of rotatable bonds is 2. The average molecular weight is 314 g/mol. The van der Waals surface area contributed by atoms with Crippen LogP contribution in [0, 0.1) is 11.2 Å². The van der Waals surface area contributed by atoms with Crippen molar-refractivity contribution < 1.29 is 9.18 Å². The lowest BCUT2D eigenvalue weighted by Gasteiger charge is -2.32. The Kier molecular flexibility index (Phi) is 4.05. The van der Waals surface area contributed by atoms with Crippen LogP contribution in [0.4, 0.5) is 10.1 Å². The molecule has 0 unspecified atom stereocenters. The molecule has 1 N–H and O–H groups in total. The highest BCUT2D eigenvalue weighted by atomic mass is 79.9. The van der Waals surface area contributed by atoms with Gasteiger partial charge in [-0.05, 0) is 47.0 Å². The molecule has 2 rings (SSSR count). The Labute approximate surface area is 115 Å². The summed E-state index contributed by atoms with van der Waals surface area (Å²) in [4.78, 5) is 12.3. The van der Waals surface area contributed by atoms with E-state index in [1.165, 1.54) is 18.6 Å². The van der Waals surface area contributed by atoms with Crippen LogP contribution in [0.3, 0.4) is 0 Å². The largest absolute Gasteiger partial charge is 0.325 e. The van der Waals surface area contributed by atoms with Crippen LogP contribution < -0.4 is 5.32 Å². The van der Waals surface area contributed by atoms with Crippen LogP contribution in [0.15, 0.2) is 22.7 Å². The van der Waals surface area contributed by atoms with Gasteiger partial charge in [0.15, 0.2) is 0 Å². The number of carbonyl (C=O) groups is 1. The van der Waals surface area contributed by atoms with Crippen LogP contribution in [-0.2, 0) is 4.79 Å². The van der Waals surface area contributed by atoms with E-state index in [2.05, 4.69) is 21.2 Å². The van der Waals surface area contributed by atoms with Crippen LogP contribution in [0.5, 0.6) is 0 Å². The van der Waals surface area contributed by atoms with Crippen molar-refractivity contribution in [3.8, 4) is 0 Å². The van der Waals surface area contributed by atoms with Gasteiger partial charge in [0, 0.05) is 9.89 Å². The molecule has 0 radical (unpaired) electrons. The van der Waals surface area contributed by atoms with Gasteiger partial charge in [-0.2, -0.15) is 0 Å². The molecular formula is C14H17BrFNO. The fraction of sp³-hybridized carbons (Fsp3) is 0.500. The van der Waals surface area contributed by atoms with Gasteiger partial charge in [-0.1, -0.05) is 26.2 Å². The molecule has 1 aromatic rings. The Balaban J connectivity index is 2.11. The first-order valence-corrected chi connectivity index (χ1v) is 7.07. The van der Waals surface area contributed by atoms with Crippen molar-refractivity contribution in [2.24, 2.45) is 5.41 Å². The maximum absolute atomic E-state index is 13.0. The van der Waals surface area contributed by atoms with E-state index in [0.717, 1.165) is 25.7 Å². The number of carbonyl (C=O) groups excluding carboxylic acids is 1. The molecule has 1 saturated carbocycles. The van der Waals surface area contributed by atoms with Crippen molar-refractivity contribution in [1.82, 2.24) is 0 Å². The molecule has 0 heterocycles. The van der Waals surface area contributed by atoms with Gasteiger partial charge >= 0.3 is 0 Å². The Hall–Kier alpha value is -0.900. The van der Waals surface area contributed by atoms with Crippen LogP contribution in [-0.4, -0.2) is 5.91 Å². The molecule has 0 saturated heterocycles. The first-order valence-electron chi connectivity index (χ1n) is 6.28. The second-order valence-electron chi connectivity index (χ2n) is 5.20. The van der Waals surface area contributed by atoms with Crippen LogP contribution in [0.1, 0.15) is 39.0 Å². The van der Waals surface area contributed by atoms with Gasteiger partial charge in [0.1, 0.15) is 5.82 Å². The molecular weight excluding hydrogens is 297 g/mol.